The zero-order valence-corrected chi connectivity index (χ0v) is 9.21. The fraction of sp³-hybridized carbons (Fsp3) is 0.636. The topological polar surface area (TPSA) is 55.4 Å². The summed E-state index contributed by atoms with van der Waals surface area (Å²) in [4.78, 5) is 22.2. The molecule has 0 aromatic carbocycles. The van der Waals surface area contributed by atoms with Gasteiger partial charge in [-0.3, -0.25) is 4.79 Å². The summed E-state index contributed by atoms with van der Waals surface area (Å²) < 4.78 is 4.95. The second kappa shape index (κ2) is 7.86. The van der Waals surface area contributed by atoms with Crippen molar-refractivity contribution in [1.29, 1.82) is 0 Å². The Hall–Kier alpha value is -1.50. The van der Waals surface area contributed by atoms with Crippen molar-refractivity contribution in [2.45, 2.75) is 39.2 Å². The molecule has 1 N–H and O–H groups in total. The molecule has 1 unspecified atom stereocenters. The molecule has 0 aromatic rings. The van der Waals surface area contributed by atoms with Crippen LogP contribution in [-0.2, 0) is 14.3 Å². The standard InChI is InChI=1S/C11H17NO3/c1-4-6-8-15-11(14)10(7-5-2)12-9(3)13/h2,10H,4,6-8H2,1,3H3,(H,12,13). The first kappa shape index (κ1) is 13.5. The second-order valence-corrected chi connectivity index (χ2v) is 3.18. The number of hydrogen-bond donors (Lipinski definition) is 1. The van der Waals surface area contributed by atoms with E-state index in [4.69, 9.17) is 11.2 Å². The van der Waals surface area contributed by atoms with Gasteiger partial charge in [0.2, 0.25) is 5.91 Å². The SMILES string of the molecule is C#CCC(NC(C)=O)C(=O)OCCCC. The summed E-state index contributed by atoms with van der Waals surface area (Å²) in [6, 6.07) is -0.718. The van der Waals surface area contributed by atoms with Gasteiger partial charge in [0.15, 0.2) is 0 Å². The van der Waals surface area contributed by atoms with Crippen molar-refractivity contribution < 1.29 is 14.3 Å². The molecule has 0 aromatic heterocycles. The number of rotatable bonds is 6. The lowest BCUT2D eigenvalue weighted by Gasteiger charge is -2.13. The Balaban J connectivity index is 4.05. The molecule has 0 spiro atoms. The molecule has 0 rings (SSSR count). The first-order valence-electron chi connectivity index (χ1n) is 4.99. The minimum Gasteiger partial charge on any atom is -0.464 e. The van der Waals surface area contributed by atoms with E-state index < -0.39 is 12.0 Å². The van der Waals surface area contributed by atoms with E-state index >= 15 is 0 Å². The molecule has 0 heterocycles. The van der Waals surface area contributed by atoms with Crippen LogP contribution in [0.5, 0.6) is 0 Å². The van der Waals surface area contributed by atoms with Gasteiger partial charge in [0, 0.05) is 13.3 Å². The van der Waals surface area contributed by atoms with Gasteiger partial charge in [0.25, 0.3) is 0 Å². The first-order valence-corrected chi connectivity index (χ1v) is 4.99. The summed E-state index contributed by atoms with van der Waals surface area (Å²) >= 11 is 0. The molecule has 4 nitrogen and oxygen atoms in total. The normalized spacial score (nSPS) is 11.3. The van der Waals surface area contributed by atoms with Gasteiger partial charge in [-0.15, -0.1) is 12.3 Å². The van der Waals surface area contributed by atoms with Crippen LogP contribution in [0.2, 0.25) is 0 Å². The molecule has 84 valence electrons. The van der Waals surface area contributed by atoms with Gasteiger partial charge < -0.3 is 10.1 Å². The number of carbonyl (C=O) groups excluding carboxylic acids is 2. The van der Waals surface area contributed by atoms with Crippen molar-refractivity contribution in [3.05, 3.63) is 0 Å². The summed E-state index contributed by atoms with van der Waals surface area (Å²) in [6.45, 7) is 3.71. The third-order valence-corrected chi connectivity index (χ3v) is 1.73. The number of unbranched alkanes of at least 4 members (excludes halogenated alkanes) is 1. The van der Waals surface area contributed by atoms with Gasteiger partial charge in [0.05, 0.1) is 6.61 Å². The average molecular weight is 211 g/mol. The number of terminal acetylenes is 1. The van der Waals surface area contributed by atoms with Crippen LogP contribution in [0.1, 0.15) is 33.1 Å². The molecular formula is C11H17NO3. The highest BCUT2D eigenvalue weighted by Gasteiger charge is 2.19. The third kappa shape index (κ3) is 6.55. The van der Waals surface area contributed by atoms with Crippen molar-refractivity contribution in [2.24, 2.45) is 0 Å². The molecule has 0 saturated heterocycles. The van der Waals surface area contributed by atoms with E-state index in [1.807, 2.05) is 6.92 Å². The Morgan fingerprint density at radius 3 is 2.67 bits per heavy atom. The minimum atomic E-state index is -0.718. The maximum absolute atomic E-state index is 11.4. The van der Waals surface area contributed by atoms with Gasteiger partial charge in [-0.05, 0) is 6.42 Å². The Morgan fingerprint density at radius 2 is 2.20 bits per heavy atom. The fourth-order valence-electron chi connectivity index (χ4n) is 0.974. The number of nitrogens with one attached hydrogen (secondary N) is 1. The number of carbonyl (C=O) groups is 2. The zero-order valence-electron chi connectivity index (χ0n) is 9.21. The molecule has 0 bridgehead atoms. The molecule has 0 fully saturated rings. The highest BCUT2D eigenvalue weighted by atomic mass is 16.5. The molecule has 4 heteroatoms. The van der Waals surface area contributed by atoms with E-state index in [0.717, 1.165) is 12.8 Å². The largest absolute Gasteiger partial charge is 0.464 e. The fourth-order valence-corrected chi connectivity index (χ4v) is 0.974. The smallest absolute Gasteiger partial charge is 0.329 e. The Labute approximate surface area is 90.4 Å². The van der Waals surface area contributed by atoms with Gasteiger partial charge in [-0.1, -0.05) is 13.3 Å². The van der Waals surface area contributed by atoms with E-state index in [-0.39, 0.29) is 12.3 Å². The third-order valence-electron chi connectivity index (χ3n) is 1.73. The predicted molar refractivity (Wildman–Crippen MR) is 56.9 cm³/mol. The number of hydrogen-bond acceptors (Lipinski definition) is 3. The number of esters is 1. The summed E-state index contributed by atoms with van der Waals surface area (Å²) in [5.74, 6) is 1.58. The molecule has 0 radical (unpaired) electrons. The van der Waals surface area contributed by atoms with Crippen LogP contribution in [0.4, 0.5) is 0 Å². The molecule has 0 aliphatic heterocycles. The van der Waals surface area contributed by atoms with Crippen molar-refractivity contribution in [2.75, 3.05) is 6.61 Å². The summed E-state index contributed by atoms with van der Waals surface area (Å²) in [5.41, 5.74) is 0. The molecule has 15 heavy (non-hydrogen) atoms. The molecular weight excluding hydrogens is 194 g/mol. The maximum Gasteiger partial charge on any atom is 0.329 e. The van der Waals surface area contributed by atoms with Crippen LogP contribution in [0.15, 0.2) is 0 Å². The molecule has 0 aliphatic rings. The van der Waals surface area contributed by atoms with Crippen LogP contribution in [0, 0.1) is 12.3 Å². The highest BCUT2D eigenvalue weighted by Crippen LogP contribution is 1.97. The molecule has 1 amide bonds. The van der Waals surface area contributed by atoms with Gasteiger partial charge >= 0.3 is 5.97 Å². The summed E-state index contributed by atoms with van der Waals surface area (Å²) in [5, 5.41) is 2.45. The molecule has 0 saturated carbocycles. The van der Waals surface area contributed by atoms with Crippen LogP contribution in [-0.4, -0.2) is 24.5 Å². The summed E-state index contributed by atoms with van der Waals surface area (Å²) in [6.07, 6.45) is 7.01. The average Bonchev–Trinajstić information content (AvgIpc) is 2.17. The summed E-state index contributed by atoms with van der Waals surface area (Å²) in [7, 11) is 0. The van der Waals surface area contributed by atoms with Gasteiger partial charge in [-0.2, -0.15) is 0 Å². The van der Waals surface area contributed by atoms with Crippen molar-refractivity contribution in [3.63, 3.8) is 0 Å². The quantitative estimate of drug-likeness (QED) is 0.403. The lowest BCUT2D eigenvalue weighted by atomic mass is 10.2. The monoisotopic (exact) mass is 211 g/mol. The van der Waals surface area contributed by atoms with Gasteiger partial charge in [-0.25, -0.2) is 4.79 Å². The minimum absolute atomic E-state index is 0.157. The highest BCUT2D eigenvalue weighted by molar-refractivity contribution is 5.83. The van der Waals surface area contributed by atoms with Gasteiger partial charge in [0.1, 0.15) is 6.04 Å². The number of ether oxygens (including phenoxy) is 1. The molecule has 0 aliphatic carbocycles. The maximum atomic E-state index is 11.4. The first-order chi connectivity index (χ1) is 7.11. The van der Waals surface area contributed by atoms with Crippen LogP contribution in [0.25, 0.3) is 0 Å². The predicted octanol–water partition coefficient (Wildman–Crippen LogP) is 0.858. The lowest BCUT2D eigenvalue weighted by molar-refractivity contribution is -0.147. The Kier molecular flexibility index (Phi) is 7.08. The molecule has 1 atom stereocenters. The van der Waals surface area contributed by atoms with Crippen LogP contribution >= 0.6 is 0 Å². The Morgan fingerprint density at radius 1 is 1.53 bits per heavy atom. The number of amides is 1. The second-order valence-electron chi connectivity index (χ2n) is 3.18. The van der Waals surface area contributed by atoms with Crippen LogP contribution < -0.4 is 5.32 Å². The van der Waals surface area contributed by atoms with Crippen molar-refractivity contribution in [1.82, 2.24) is 5.32 Å². The van der Waals surface area contributed by atoms with Crippen molar-refractivity contribution >= 4 is 11.9 Å². The zero-order chi connectivity index (χ0) is 11.7. The van der Waals surface area contributed by atoms with E-state index in [2.05, 4.69) is 11.2 Å². The van der Waals surface area contributed by atoms with Crippen molar-refractivity contribution in [3.8, 4) is 12.3 Å². The van der Waals surface area contributed by atoms with E-state index in [1.54, 1.807) is 0 Å². The van der Waals surface area contributed by atoms with E-state index in [9.17, 15) is 9.59 Å². The van der Waals surface area contributed by atoms with Crippen LogP contribution in [0.3, 0.4) is 0 Å². The Bertz CT molecular complexity index is 255. The lowest BCUT2D eigenvalue weighted by Crippen LogP contribution is -2.40. The van der Waals surface area contributed by atoms with E-state index in [0.29, 0.717) is 6.61 Å². The van der Waals surface area contributed by atoms with E-state index in [1.165, 1.54) is 6.92 Å².